The van der Waals surface area contributed by atoms with E-state index in [2.05, 4.69) is 15.9 Å². The van der Waals surface area contributed by atoms with Crippen molar-refractivity contribution < 1.29 is 4.79 Å². The second-order valence-electron chi connectivity index (χ2n) is 2.28. The Kier molecular flexibility index (Phi) is 3.97. The molecule has 0 heterocycles. The first-order valence-corrected chi connectivity index (χ1v) is 4.96. The molecule has 13 heavy (non-hydrogen) atoms. The minimum absolute atomic E-state index is 0.379. The van der Waals surface area contributed by atoms with Crippen LogP contribution in [-0.2, 0) is 4.79 Å². The van der Waals surface area contributed by atoms with Crippen LogP contribution in [0.5, 0.6) is 0 Å². The maximum Gasteiger partial charge on any atom is 0.144 e. The van der Waals surface area contributed by atoms with Gasteiger partial charge in [-0.3, -0.25) is 4.79 Å². The molecule has 0 aliphatic carbocycles. The van der Waals surface area contributed by atoms with E-state index in [4.69, 9.17) is 23.2 Å². The molecule has 0 saturated carbocycles. The van der Waals surface area contributed by atoms with Crippen molar-refractivity contribution in [1.29, 1.82) is 0 Å². The van der Waals surface area contributed by atoms with E-state index in [1.165, 1.54) is 6.08 Å². The van der Waals surface area contributed by atoms with Crippen molar-refractivity contribution in [2.45, 2.75) is 0 Å². The lowest BCUT2D eigenvalue weighted by Gasteiger charge is -2.00. The Morgan fingerprint density at radius 1 is 1.46 bits per heavy atom. The molecule has 0 aliphatic heterocycles. The molecule has 0 fully saturated rings. The van der Waals surface area contributed by atoms with E-state index in [-0.39, 0.29) is 0 Å². The molecule has 4 heteroatoms. The summed E-state index contributed by atoms with van der Waals surface area (Å²) in [6, 6.07) is 5.24. The Morgan fingerprint density at radius 2 is 2.15 bits per heavy atom. The first-order chi connectivity index (χ1) is 6.15. The van der Waals surface area contributed by atoms with E-state index in [9.17, 15) is 4.79 Å². The van der Waals surface area contributed by atoms with Gasteiger partial charge in [-0.1, -0.05) is 29.3 Å². The van der Waals surface area contributed by atoms with Gasteiger partial charge in [-0.2, -0.15) is 0 Å². The van der Waals surface area contributed by atoms with Crippen LogP contribution in [0.15, 0.2) is 28.7 Å². The van der Waals surface area contributed by atoms with Gasteiger partial charge in [0.05, 0.1) is 10.1 Å². The molecule has 0 atom stereocenters. The third-order valence-corrected chi connectivity index (χ3v) is 2.99. The molecule has 0 N–H and O–H groups in total. The molecular weight excluding hydrogens is 275 g/mol. The van der Waals surface area contributed by atoms with Crippen molar-refractivity contribution in [1.82, 2.24) is 0 Å². The average molecular weight is 280 g/mol. The lowest BCUT2D eigenvalue weighted by Crippen LogP contribution is -1.78. The van der Waals surface area contributed by atoms with Gasteiger partial charge in [-0.05, 0) is 39.7 Å². The van der Waals surface area contributed by atoms with E-state index >= 15 is 0 Å². The quantitative estimate of drug-likeness (QED) is 0.593. The highest BCUT2D eigenvalue weighted by atomic mass is 79.9. The molecule has 0 unspecified atom stereocenters. The molecule has 0 bridgehead atoms. The molecule has 68 valence electrons. The predicted molar refractivity (Wildman–Crippen MR) is 59.0 cm³/mol. The number of allylic oxidation sites excluding steroid dienone is 1. The lowest BCUT2D eigenvalue weighted by molar-refractivity contribution is -0.104. The second-order valence-corrected chi connectivity index (χ2v) is 3.95. The van der Waals surface area contributed by atoms with E-state index < -0.39 is 0 Å². The molecule has 0 saturated heterocycles. The Hall–Kier alpha value is -0.310. The third kappa shape index (κ3) is 2.83. The molecule has 0 radical (unpaired) electrons. The number of rotatable bonds is 2. The zero-order chi connectivity index (χ0) is 9.84. The fourth-order valence-corrected chi connectivity index (χ4v) is 1.40. The van der Waals surface area contributed by atoms with Crippen LogP contribution in [-0.4, -0.2) is 6.29 Å². The Morgan fingerprint density at radius 3 is 2.69 bits per heavy atom. The van der Waals surface area contributed by atoms with Gasteiger partial charge in [-0.25, -0.2) is 0 Å². The normalized spacial score (nSPS) is 11.5. The van der Waals surface area contributed by atoms with E-state index in [1.807, 2.05) is 0 Å². The van der Waals surface area contributed by atoms with Gasteiger partial charge in [0, 0.05) is 4.47 Å². The van der Waals surface area contributed by atoms with Gasteiger partial charge in [0.1, 0.15) is 6.29 Å². The number of carbonyl (C=O) groups is 1. The van der Waals surface area contributed by atoms with Gasteiger partial charge in [-0.15, -0.1) is 0 Å². The first-order valence-electron chi connectivity index (χ1n) is 3.41. The van der Waals surface area contributed by atoms with Crippen LogP contribution in [0.1, 0.15) is 5.56 Å². The van der Waals surface area contributed by atoms with Gasteiger partial charge in [0.25, 0.3) is 0 Å². The SMILES string of the molecule is O=C/C=C(/Cl)c1ccc(Br)c(Cl)c1. The number of aldehydes is 1. The average Bonchev–Trinajstić information content (AvgIpc) is 2.10. The Labute approximate surface area is 94.5 Å². The second kappa shape index (κ2) is 4.80. The van der Waals surface area contributed by atoms with Gasteiger partial charge in [0.15, 0.2) is 0 Å². The molecule has 1 aromatic carbocycles. The van der Waals surface area contributed by atoms with Crippen molar-refractivity contribution in [3.8, 4) is 0 Å². The molecule has 0 aliphatic rings. The standard InChI is InChI=1S/C9H5BrCl2O/c10-7-2-1-6(5-9(7)12)8(11)3-4-13/h1-5H/b8-3+. The van der Waals surface area contributed by atoms with E-state index in [1.54, 1.807) is 18.2 Å². The number of halogens is 3. The van der Waals surface area contributed by atoms with E-state index in [0.717, 1.165) is 10.0 Å². The van der Waals surface area contributed by atoms with Crippen LogP contribution in [0, 0.1) is 0 Å². The monoisotopic (exact) mass is 278 g/mol. The van der Waals surface area contributed by atoms with Crippen LogP contribution in [0.2, 0.25) is 5.02 Å². The zero-order valence-electron chi connectivity index (χ0n) is 6.43. The summed E-state index contributed by atoms with van der Waals surface area (Å²) in [5, 5.41) is 0.944. The maximum absolute atomic E-state index is 10.1. The number of carbonyl (C=O) groups excluding carboxylic acids is 1. The maximum atomic E-state index is 10.1. The lowest BCUT2D eigenvalue weighted by atomic mass is 10.2. The van der Waals surface area contributed by atoms with Crippen LogP contribution >= 0.6 is 39.1 Å². The smallest absolute Gasteiger partial charge is 0.144 e. The summed E-state index contributed by atoms with van der Waals surface area (Å²) in [6.07, 6.45) is 1.92. The summed E-state index contributed by atoms with van der Waals surface area (Å²) in [4.78, 5) is 10.1. The van der Waals surface area contributed by atoms with Crippen molar-refractivity contribution >= 4 is 50.5 Å². The molecule has 0 spiro atoms. The molecule has 1 aromatic rings. The summed E-state index contributed by atoms with van der Waals surface area (Å²) in [6.45, 7) is 0. The minimum Gasteiger partial charge on any atom is -0.299 e. The summed E-state index contributed by atoms with van der Waals surface area (Å²) >= 11 is 14.9. The highest BCUT2D eigenvalue weighted by Gasteiger charge is 2.01. The summed E-state index contributed by atoms with van der Waals surface area (Å²) in [5.74, 6) is 0. The largest absolute Gasteiger partial charge is 0.299 e. The third-order valence-electron chi connectivity index (χ3n) is 1.41. The van der Waals surface area contributed by atoms with Crippen molar-refractivity contribution in [3.63, 3.8) is 0 Å². The number of hydrogen-bond donors (Lipinski definition) is 0. The topological polar surface area (TPSA) is 17.1 Å². The van der Waals surface area contributed by atoms with Gasteiger partial charge in [0.2, 0.25) is 0 Å². The van der Waals surface area contributed by atoms with Crippen LogP contribution in [0.3, 0.4) is 0 Å². The van der Waals surface area contributed by atoms with Gasteiger partial charge >= 0.3 is 0 Å². The molecule has 0 amide bonds. The fraction of sp³-hybridized carbons (Fsp3) is 0. The molecule has 1 rings (SSSR count). The van der Waals surface area contributed by atoms with Crippen molar-refractivity contribution in [2.24, 2.45) is 0 Å². The predicted octanol–water partition coefficient (Wildman–Crippen LogP) is 3.88. The van der Waals surface area contributed by atoms with E-state index in [0.29, 0.717) is 16.3 Å². The first kappa shape index (κ1) is 10.8. The highest BCUT2D eigenvalue weighted by Crippen LogP contribution is 2.27. The summed E-state index contributed by atoms with van der Waals surface area (Å²) in [7, 11) is 0. The summed E-state index contributed by atoms with van der Waals surface area (Å²) < 4.78 is 0.800. The Balaban J connectivity index is 3.10. The Bertz CT molecular complexity index is 361. The highest BCUT2D eigenvalue weighted by molar-refractivity contribution is 9.10. The molecule has 0 aromatic heterocycles. The van der Waals surface area contributed by atoms with Crippen LogP contribution in [0.4, 0.5) is 0 Å². The number of hydrogen-bond acceptors (Lipinski definition) is 1. The summed E-state index contributed by atoms with van der Waals surface area (Å²) in [5.41, 5.74) is 0.724. The van der Waals surface area contributed by atoms with Crippen molar-refractivity contribution in [3.05, 3.63) is 39.3 Å². The fourth-order valence-electron chi connectivity index (χ4n) is 0.801. The minimum atomic E-state index is 0.379. The number of benzene rings is 1. The van der Waals surface area contributed by atoms with Crippen LogP contribution < -0.4 is 0 Å². The zero-order valence-corrected chi connectivity index (χ0v) is 9.53. The molecule has 1 nitrogen and oxygen atoms in total. The van der Waals surface area contributed by atoms with Crippen molar-refractivity contribution in [2.75, 3.05) is 0 Å². The molecular formula is C9H5BrCl2O. The van der Waals surface area contributed by atoms with Crippen LogP contribution in [0.25, 0.3) is 5.03 Å². The van der Waals surface area contributed by atoms with Gasteiger partial charge < -0.3 is 0 Å².